The normalized spacial score (nSPS) is 12.5. The zero-order valence-corrected chi connectivity index (χ0v) is 46.6. The molecule has 0 amide bonds. The molecule has 14 rings (SSSR count). The minimum absolute atomic E-state index is 0.0494. The Hall–Kier alpha value is -8.31. The molecule has 378 valence electrons. The molecule has 0 aliphatic heterocycles. The molecular weight excluding hydrogens is 1120 g/mol. The molecular formula is C70H55N5OPt-2. The van der Waals surface area contributed by atoms with E-state index in [0.29, 0.717) is 11.5 Å². The fraction of sp³-hybridized carbons (Fsp3) is 0.143. The molecule has 0 bridgehead atoms. The molecule has 14 aromatic rings. The second kappa shape index (κ2) is 17.4. The third-order valence-electron chi connectivity index (χ3n) is 15.7. The van der Waals surface area contributed by atoms with Gasteiger partial charge in [0.05, 0.1) is 16.6 Å². The molecule has 0 aliphatic rings. The third-order valence-corrected chi connectivity index (χ3v) is 16.7. The molecule has 9 aromatic carbocycles. The zero-order valence-electron chi connectivity index (χ0n) is 44.4. The standard InChI is InChI=1S/C70H55N5O.Pt/c1-43-32-33-71-66(34-43)74-62-39-50(30-31-54(62)57-40-58-56-24-17-23-55-53-20-12-13-25-59(53)75(68(55)56)64(58)41-63(57)74)76-65-38-49(29-28-44(65)2)72-42-73(61-27-15-14-26-60(61)72)67-51(45-18-10-9-11-19-45)21-16-22-52(67)46-35-47(69(3,4)5)37-48(36-46)70(6,7)8;/h9-37,40-41H,1-8H3;/q-2;. The van der Waals surface area contributed by atoms with Crippen molar-refractivity contribution in [1.29, 1.82) is 0 Å². The van der Waals surface area contributed by atoms with Gasteiger partial charge in [0.25, 0.3) is 0 Å². The number of pyridine rings is 1. The van der Waals surface area contributed by atoms with Crippen LogP contribution >= 0.6 is 0 Å². The Morgan fingerprint density at radius 1 is 0.481 bits per heavy atom. The quantitative estimate of drug-likeness (QED) is 0.149. The summed E-state index contributed by atoms with van der Waals surface area (Å²) in [5.74, 6) is 2.06. The van der Waals surface area contributed by atoms with Gasteiger partial charge in [-0.05, 0) is 24.6 Å². The van der Waals surface area contributed by atoms with Crippen LogP contribution in [0.1, 0.15) is 63.8 Å². The van der Waals surface area contributed by atoms with Crippen molar-refractivity contribution in [3.8, 4) is 50.9 Å². The van der Waals surface area contributed by atoms with E-state index in [9.17, 15) is 0 Å². The van der Waals surface area contributed by atoms with Gasteiger partial charge in [-0.1, -0.05) is 36.4 Å². The summed E-state index contributed by atoms with van der Waals surface area (Å²) in [6.45, 7) is 18.1. The van der Waals surface area contributed by atoms with Crippen LogP contribution < -0.4 is 4.74 Å². The SMILES string of the molecule is Cc1ccnc(-n2c3[c-]c(Oc4[c-]c(-n5[c](=[Pt])n(-c6c(-c7ccccc7)cccc6-c6cc(C(C)(C)C)cc(C(C)(C)C)c6)c6ccccc65)ccc4C)ccc3c3cc4c5cccc6c7ccccc7n(c4cc32)c65)c1. The molecule has 77 heavy (non-hydrogen) atoms. The molecule has 0 fully saturated rings. The van der Waals surface area contributed by atoms with Crippen molar-refractivity contribution in [2.75, 3.05) is 0 Å². The molecule has 0 radical (unpaired) electrons. The molecule has 0 aliphatic carbocycles. The van der Waals surface area contributed by atoms with Gasteiger partial charge in [0.2, 0.25) is 0 Å². The number of rotatable bonds is 7. The number of aryl methyl sites for hydroxylation is 2. The van der Waals surface area contributed by atoms with E-state index in [-0.39, 0.29) is 10.8 Å². The van der Waals surface area contributed by atoms with E-state index in [2.05, 4.69) is 275 Å². The van der Waals surface area contributed by atoms with Crippen LogP contribution in [0, 0.1) is 29.8 Å². The number of ether oxygens (including phenoxy) is 1. The van der Waals surface area contributed by atoms with Crippen molar-refractivity contribution in [3.05, 3.63) is 226 Å². The fourth-order valence-electron chi connectivity index (χ4n) is 11.7. The van der Waals surface area contributed by atoms with E-state index in [1.807, 2.05) is 18.3 Å². The first kappa shape index (κ1) is 47.2. The van der Waals surface area contributed by atoms with Crippen molar-refractivity contribution in [2.24, 2.45) is 0 Å². The minimum Gasteiger partial charge on any atom is 0.0620 e. The predicted molar refractivity (Wildman–Crippen MR) is 315 cm³/mol. The van der Waals surface area contributed by atoms with Crippen LogP contribution in [0.2, 0.25) is 0 Å². The van der Waals surface area contributed by atoms with Crippen molar-refractivity contribution < 1.29 is 24.1 Å². The van der Waals surface area contributed by atoms with Gasteiger partial charge >= 0.3 is 352 Å². The minimum atomic E-state index is -0.0494. The van der Waals surface area contributed by atoms with E-state index in [4.69, 9.17) is 9.72 Å². The van der Waals surface area contributed by atoms with Gasteiger partial charge in [-0.15, -0.1) is 0 Å². The zero-order chi connectivity index (χ0) is 52.6. The Bertz CT molecular complexity index is 4750. The number of hydrogen-bond donors (Lipinski definition) is 0. The topological polar surface area (TPSA) is 41.3 Å². The third kappa shape index (κ3) is 7.47. The molecule has 0 saturated heterocycles. The smallest absolute Gasteiger partial charge is 0.0620 e. The maximum absolute atomic E-state index is 7.00. The van der Waals surface area contributed by atoms with E-state index in [1.165, 1.54) is 54.8 Å². The molecule has 0 unspecified atom stereocenters. The molecule has 5 aromatic heterocycles. The first-order valence-electron chi connectivity index (χ1n) is 26.4. The van der Waals surface area contributed by atoms with Crippen molar-refractivity contribution in [2.45, 2.75) is 66.2 Å². The van der Waals surface area contributed by atoms with Crippen LogP contribution in [0.3, 0.4) is 0 Å². The van der Waals surface area contributed by atoms with E-state index in [0.717, 1.165) is 81.6 Å². The van der Waals surface area contributed by atoms with E-state index in [1.54, 1.807) is 0 Å². The first-order valence-corrected chi connectivity index (χ1v) is 27.6. The van der Waals surface area contributed by atoms with Crippen LogP contribution in [-0.4, -0.2) is 23.1 Å². The fourth-order valence-corrected chi connectivity index (χ4v) is 12.8. The number of hydrogen-bond acceptors (Lipinski definition) is 2. The number of imidazole rings is 1. The van der Waals surface area contributed by atoms with Crippen LogP contribution in [0.5, 0.6) is 11.5 Å². The molecule has 0 atom stereocenters. The van der Waals surface area contributed by atoms with Gasteiger partial charge in [0, 0.05) is 27.7 Å². The Labute approximate surface area is 458 Å². The summed E-state index contributed by atoms with van der Waals surface area (Å²) in [4.78, 5) is 4.98. The molecule has 0 N–H and O–H groups in total. The van der Waals surface area contributed by atoms with Crippen LogP contribution in [0.15, 0.2) is 188 Å². The van der Waals surface area contributed by atoms with Gasteiger partial charge in [0.1, 0.15) is 0 Å². The number of benzene rings is 9. The monoisotopic (exact) mass is 1180 g/mol. The molecule has 6 nitrogen and oxygen atoms in total. The van der Waals surface area contributed by atoms with E-state index < -0.39 is 0 Å². The molecule has 5 heterocycles. The second-order valence-electron chi connectivity index (χ2n) is 22.8. The summed E-state index contributed by atoms with van der Waals surface area (Å²) < 4.78 is 17.5. The van der Waals surface area contributed by atoms with Gasteiger partial charge in [-0.3, -0.25) is 0 Å². The van der Waals surface area contributed by atoms with Crippen molar-refractivity contribution >= 4 is 70.9 Å². The van der Waals surface area contributed by atoms with Crippen molar-refractivity contribution in [3.63, 3.8) is 0 Å². The summed E-state index contributed by atoms with van der Waals surface area (Å²) >= 11 is 2.53. The predicted octanol–water partition coefficient (Wildman–Crippen LogP) is 18.1. The van der Waals surface area contributed by atoms with Gasteiger partial charge in [-0.2, -0.15) is 0 Å². The molecule has 7 heteroatoms. The Kier molecular flexibility index (Phi) is 10.6. The van der Waals surface area contributed by atoms with Gasteiger partial charge in [-0.25, -0.2) is 0 Å². The second-order valence-corrected chi connectivity index (χ2v) is 23.8. The van der Waals surface area contributed by atoms with E-state index >= 15 is 0 Å². The Morgan fingerprint density at radius 2 is 1.12 bits per heavy atom. The van der Waals surface area contributed by atoms with Crippen molar-refractivity contribution in [1.82, 2.24) is 23.1 Å². The summed E-state index contributed by atoms with van der Waals surface area (Å²) in [6.07, 6.45) is 1.89. The summed E-state index contributed by atoms with van der Waals surface area (Å²) in [7, 11) is 0. The maximum atomic E-state index is 7.00. The number of nitrogens with zero attached hydrogens (tertiary/aromatic N) is 5. The number of para-hydroxylation sites is 5. The number of aromatic nitrogens is 5. The van der Waals surface area contributed by atoms with Crippen LogP contribution in [0.25, 0.3) is 110 Å². The molecule has 0 saturated carbocycles. The summed E-state index contributed by atoms with van der Waals surface area (Å²) in [5.41, 5.74) is 19.0. The van der Waals surface area contributed by atoms with Crippen LogP contribution in [-0.2, 0) is 30.2 Å². The van der Waals surface area contributed by atoms with Gasteiger partial charge < -0.3 is 4.40 Å². The Balaban J connectivity index is 0.938. The van der Waals surface area contributed by atoms with Gasteiger partial charge in [0.15, 0.2) is 0 Å². The van der Waals surface area contributed by atoms with Crippen LogP contribution in [0.4, 0.5) is 0 Å². The first-order chi connectivity index (χ1) is 37.2. The Morgan fingerprint density at radius 3 is 1.84 bits per heavy atom. The number of fused-ring (bicyclic) bond motifs is 10. The average Bonchev–Trinajstić information content (AvgIpc) is 4.33. The molecule has 0 spiro atoms. The summed E-state index contributed by atoms with van der Waals surface area (Å²) in [5, 5.41) is 7.22. The summed E-state index contributed by atoms with van der Waals surface area (Å²) in [6, 6.07) is 73.9. The average molecular weight is 1180 g/mol.